The summed E-state index contributed by atoms with van der Waals surface area (Å²) >= 11 is 0. The fourth-order valence-electron chi connectivity index (χ4n) is 0.903. The van der Waals surface area contributed by atoms with Crippen LogP contribution in [0.1, 0.15) is 26.8 Å². The quantitative estimate of drug-likeness (QED) is 0.547. The Labute approximate surface area is 62.1 Å². The van der Waals surface area contributed by atoms with Crippen molar-refractivity contribution in [3.63, 3.8) is 0 Å². The molecule has 2 heteroatoms. The average Bonchev–Trinajstić information content (AvgIpc) is 2.34. The second kappa shape index (κ2) is 2.86. The van der Waals surface area contributed by atoms with Crippen molar-refractivity contribution >= 4 is 0 Å². The summed E-state index contributed by atoms with van der Waals surface area (Å²) in [5.74, 6) is 0. The lowest BCUT2D eigenvalue weighted by Gasteiger charge is -1.96. The van der Waals surface area contributed by atoms with Crippen molar-refractivity contribution in [2.75, 3.05) is 0 Å². The summed E-state index contributed by atoms with van der Waals surface area (Å²) in [4.78, 5) is 0. The predicted octanol–water partition coefficient (Wildman–Crippen LogP) is 1.38. The molecular formula is C8H15N2+. The Morgan fingerprint density at radius 2 is 2.20 bits per heavy atom. The van der Waals surface area contributed by atoms with Crippen LogP contribution in [0, 0.1) is 0 Å². The predicted molar refractivity (Wildman–Crippen MR) is 40.7 cm³/mol. The number of nitrogens with zero attached hydrogens (tertiary/aromatic N) is 2. The van der Waals surface area contributed by atoms with Crippen LogP contribution in [-0.4, -0.2) is 4.57 Å². The van der Waals surface area contributed by atoms with E-state index in [0.717, 1.165) is 6.54 Å². The molecule has 0 radical (unpaired) electrons. The lowest BCUT2D eigenvalue weighted by Crippen LogP contribution is -2.29. The van der Waals surface area contributed by atoms with Gasteiger partial charge in [0.2, 0.25) is 6.33 Å². The molecule has 0 N–H and O–H groups in total. The zero-order valence-corrected chi connectivity index (χ0v) is 6.91. The lowest BCUT2D eigenvalue weighted by atomic mass is 10.4. The maximum atomic E-state index is 2.20. The van der Waals surface area contributed by atoms with E-state index in [-0.39, 0.29) is 0 Å². The smallest absolute Gasteiger partial charge is 0.237 e. The van der Waals surface area contributed by atoms with E-state index in [1.54, 1.807) is 0 Å². The van der Waals surface area contributed by atoms with E-state index in [2.05, 4.69) is 48.6 Å². The van der Waals surface area contributed by atoms with Crippen molar-refractivity contribution in [1.29, 1.82) is 0 Å². The van der Waals surface area contributed by atoms with E-state index in [9.17, 15) is 0 Å². The molecule has 0 spiro atoms. The van der Waals surface area contributed by atoms with Gasteiger partial charge in [0.15, 0.2) is 0 Å². The van der Waals surface area contributed by atoms with Crippen LogP contribution in [-0.2, 0) is 6.54 Å². The number of imidazole rings is 1. The molecule has 0 aromatic carbocycles. The fraction of sp³-hybridized carbons (Fsp3) is 0.625. The Balaban J connectivity index is 2.78. The Bertz CT molecular complexity index is 201. The van der Waals surface area contributed by atoms with Gasteiger partial charge < -0.3 is 0 Å². The van der Waals surface area contributed by atoms with Crippen LogP contribution in [0.3, 0.4) is 0 Å². The monoisotopic (exact) mass is 139 g/mol. The molecule has 0 unspecified atom stereocenters. The molecule has 1 heterocycles. The molecule has 0 bridgehead atoms. The van der Waals surface area contributed by atoms with Gasteiger partial charge in [0.25, 0.3) is 0 Å². The van der Waals surface area contributed by atoms with Crippen molar-refractivity contribution in [2.24, 2.45) is 0 Å². The molecule has 10 heavy (non-hydrogen) atoms. The number of hydrogen-bond acceptors (Lipinski definition) is 0. The Morgan fingerprint density at radius 1 is 1.50 bits per heavy atom. The SMILES string of the molecule is CC[n+]1ccn(C(C)C)c1. The first kappa shape index (κ1) is 7.32. The van der Waals surface area contributed by atoms with Crippen molar-refractivity contribution < 1.29 is 4.57 Å². The molecular weight excluding hydrogens is 124 g/mol. The molecule has 0 saturated carbocycles. The Hall–Kier alpha value is -0.790. The van der Waals surface area contributed by atoms with Gasteiger partial charge in [0, 0.05) is 0 Å². The standard InChI is InChI=1S/C8H15N2/c1-4-9-5-6-10(7-9)8(2)3/h5-8H,4H2,1-3H3/q+1. The number of aryl methyl sites for hydroxylation is 1. The zero-order valence-electron chi connectivity index (χ0n) is 6.91. The minimum atomic E-state index is 0.577. The van der Waals surface area contributed by atoms with Crippen molar-refractivity contribution in [1.82, 2.24) is 4.57 Å². The summed E-state index contributed by atoms with van der Waals surface area (Å²) in [6.07, 6.45) is 6.33. The first-order chi connectivity index (χ1) is 4.74. The van der Waals surface area contributed by atoms with Crippen LogP contribution in [0.2, 0.25) is 0 Å². The van der Waals surface area contributed by atoms with Crippen LogP contribution in [0.5, 0.6) is 0 Å². The summed E-state index contributed by atoms with van der Waals surface area (Å²) in [7, 11) is 0. The van der Waals surface area contributed by atoms with Gasteiger partial charge in [-0.2, -0.15) is 0 Å². The summed E-state index contributed by atoms with van der Waals surface area (Å²) in [5.41, 5.74) is 0. The van der Waals surface area contributed by atoms with Crippen LogP contribution < -0.4 is 4.57 Å². The summed E-state index contributed by atoms with van der Waals surface area (Å²) in [6, 6.07) is 0.577. The number of aromatic nitrogens is 2. The Morgan fingerprint density at radius 3 is 2.50 bits per heavy atom. The number of hydrogen-bond donors (Lipinski definition) is 0. The van der Waals surface area contributed by atoms with Crippen molar-refractivity contribution in [3.8, 4) is 0 Å². The molecule has 2 nitrogen and oxygen atoms in total. The van der Waals surface area contributed by atoms with Crippen LogP contribution >= 0.6 is 0 Å². The van der Waals surface area contributed by atoms with E-state index in [0.29, 0.717) is 6.04 Å². The average molecular weight is 139 g/mol. The largest absolute Gasteiger partial charge is 0.243 e. The molecule has 1 aromatic heterocycles. The highest BCUT2D eigenvalue weighted by molar-refractivity contribution is 4.69. The molecule has 0 aliphatic carbocycles. The normalized spacial score (nSPS) is 10.8. The fourth-order valence-corrected chi connectivity index (χ4v) is 0.903. The zero-order chi connectivity index (χ0) is 7.56. The number of rotatable bonds is 2. The second-order valence-corrected chi connectivity index (χ2v) is 2.79. The molecule has 0 aliphatic heterocycles. The molecule has 1 aromatic rings. The van der Waals surface area contributed by atoms with E-state index < -0.39 is 0 Å². The molecule has 56 valence electrons. The van der Waals surface area contributed by atoms with Crippen LogP contribution in [0.4, 0.5) is 0 Å². The third-order valence-electron chi connectivity index (χ3n) is 1.67. The molecule has 0 aliphatic rings. The Kier molecular flexibility index (Phi) is 2.10. The minimum Gasteiger partial charge on any atom is -0.237 e. The van der Waals surface area contributed by atoms with Crippen molar-refractivity contribution in [3.05, 3.63) is 18.7 Å². The van der Waals surface area contributed by atoms with Gasteiger partial charge >= 0.3 is 0 Å². The molecule has 0 saturated heterocycles. The highest BCUT2D eigenvalue weighted by Gasteiger charge is 2.03. The second-order valence-electron chi connectivity index (χ2n) is 2.79. The van der Waals surface area contributed by atoms with E-state index in [1.165, 1.54) is 0 Å². The minimum absolute atomic E-state index is 0.577. The molecule has 0 amide bonds. The highest BCUT2D eigenvalue weighted by atomic mass is 15.1. The maximum absolute atomic E-state index is 2.20. The van der Waals surface area contributed by atoms with E-state index in [4.69, 9.17) is 0 Å². The maximum Gasteiger partial charge on any atom is 0.243 e. The van der Waals surface area contributed by atoms with E-state index >= 15 is 0 Å². The molecule has 0 atom stereocenters. The summed E-state index contributed by atoms with van der Waals surface area (Å²) in [5, 5.41) is 0. The lowest BCUT2D eigenvalue weighted by molar-refractivity contribution is -0.693. The topological polar surface area (TPSA) is 8.81 Å². The van der Waals surface area contributed by atoms with E-state index in [1.807, 2.05) is 0 Å². The first-order valence-electron chi connectivity index (χ1n) is 3.80. The van der Waals surface area contributed by atoms with Gasteiger partial charge in [0.05, 0.1) is 12.6 Å². The van der Waals surface area contributed by atoms with Crippen LogP contribution in [0.15, 0.2) is 18.7 Å². The van der Waals surface area contributed by atoms with Crippen LogP contribution in [0.25, 0.3) is 0 Å². The third kappa shape index (κ3) is 1.38. The first-order valence-corrected chi connectivity index (χ1v) is 3.80. The molecule has 0 fully saturated rings. The van der Waals surface area contributed by atoms with Gasteiger partial charge in [-0.25, -0.2) is 9.13 Å². The van der Waals surface area contributed by atoms with Gasteiger partial charge in [-0.1, -0.05) is 0 Å². The third-order valence-corrected chi connectivity index (χ3v) is 1.67. The van der Waals surface area contributed by atoms with Gasteiger partial charge in [-0.3, -0.25) is 0 Å². The summed E-state index contributed by atoms with van der Waals surface area (Å²) < 4.78 is 4.36. The molecule has 1 rings (SSSR count). The van der Waals surface area contributed by atoms with Crippen molar-refractivity contribution in [2.45, 2.75) is 33.4 Å². The summed E-state index contributed by atoms with van der Waals surface area (Å²) in [6.45, 7) is 7.56. The highest BCUT2D eigenvalue weighted by Crippen LogP contribution is 1.99. The van der Waals surface area contributed by atoms with Gasteiger partial charge in [-0.05, 0) is 20.8 Å². The van der Waals surface area contributed by atoms with Gasteiger partial charge in [-0.15, -0.1) is 0 Å². The van der Waals surface area contributed by atoms with Gasteiger partial charge in [0.1, 0.15) is 12.4 Å².